The van der Waals surface area contributed by atoms with E-state index in [1.54, 1.807) is 0 Å². The van der Waals surface area contributed by atoms with Gasteiger partial charge in [0.25, 0.3) is 0 Å². The van der Waals surface area contributed by atoms with E-state index in [-0.39, 0.29) is 0 Å². The summed E-state index contributed by atoms with van der Waals surface area (Å²) in [5.41, 5.74) is 4.79. The van der Waals surface area contributed by atoms with Crippen molar-refractivity contribution in [2.75, 3.05) is 39.4 Å². The maximum absolute atomic E-state index is 5.52. The number of piperidine rings is 1. The highest BCUT2D eigenvalue weighted by Crippen LogP contribution is 2.20. The molecule has 1 aromatic heterocycles. The maximum Gasteiger partial charge on any atom is 0.0651 e. The summed E-state index contributed by atoms with van der Waals surface area (Å²) in [6.45, 7) is 11.5. The van der Waals surface area contributed by atoms with Crippen molar-refractivity contribution in [2.45, 2.75) is 39.3 Å². The molecule has 0 saturated carbocycles. The van der Waals surface area contributed by atoms with E-state index >= 15 is 0 Å². The van der Waals surface area contributed by atoms with Gasteiger partial charge in [-0.1, -0.05) is 12.1 Å². The number of hydrogen-bond acceptors (Lipinski definition) is 4. The molecule has 0 unspecified atom stereocenters. The fraction of sp³-hybridized carbons (Fsp3) is 0.571. The van der Waals surface area contributed by atoms with Gasteiger partial charge in [-0.2, -0.15) is 5.10 Å². The quantitative estimate of drug-likeness (QED) is 0.845. The van der Waals surface area contributed by atoms with Crippen molar-refractivity contribution in [1.82, 2.24) is 19.6 Å². The van der Waals surface area contributed by atoms with Crippen LogP contribution in [0, 0.1) is 13.8 Å². The molecule has 26 heavy (non-hydrogen) atoms. The SMILES string of the molecule is Cc1cc(C)n(-c2cccc(CN3CCC[C@@H](N4CCOCC4)C3)c2)n1. The summed E-state index contributed by atoms with van der Waals surface area (Å²) in [5.74, 6) is 0. The lowest BCUT2D eigenvalue weighted by Crippen LogP contribution is -2.51. The zero-order chi connectivity index (χ0) is 17.9. The van der Waals surface area contributed by atoms with Crippen LogP contribution in [0.25, 0.3) is 5.69 Å². The first-order valence-corrected chi connectivity index (χ1v) is 9.86. The lowest BCUT2D eigenvalue weighted by atomic mass is 10.0. The Morgan fingerprint density at radius 2 is 1.96 bits per heavy atom. The summed E-state index contributed by atoms with van der Waals surface area (Å²) in [6, 6.07) is 11.7. The van der Waals surface area contributed by atoms with Crippen LogP contribution in [0.2, 0.25) is 0 Å². The van der Waals surface area contributed by atoms with E-state index in [2.05, 4.69) is 52.2 Å². The van der Waals surface area contributed by atoms with Crippen molar-refractivity contribution >= 4 is 0 Å². The Balaban J connectivity index is 1.43. The highest BCUT2D eigenvalue weighted by atomic mass is 16.5. The molecule has 140 valence electrons. The second kappa shape index (κ2) is 7.91. The summed E-state index contributed by atoms with van der Waals surface area (Å²) in [4.78, 5) is 5.24. The number of morpholine rings is 1. The molecule has 5 nitrogen and oxygen atoms in total. The Morgan fingerprint density at radius 3 is 2.73 bits per heavy atom. The lowest BCUT2D eigenvalue weighted by Gasteiger charge is -2.41. The molecule has 3 heterocycles. The minimum atomic E-state index is 0.687. The molecule has 0 radical (unpaired) electrons. The average Bonchev–Trinajstić information content (AvgIpc) is 3.01. The molecule has 0 bridgehead atoms. The molecule has 2 aliphatic heterocycles. The van der Waals surface area contributed by atoms with E-state index in [9.17, 15) is 0 Å². The standard InChI is InChI=1S/C21H30N4O/c1-17-13-18(2)25(22-17)20-6-3-5-19(14-20)15-23-8-4-7-21(16-23)24-9-11-26-12-10-24/h3,5-6,13-14,21H,4,7-12,15-16H2,1-2H3/t21-/m1/s1. The van der Waals surface area contributed by atoms with E-state index in [1.165, 1.54) is 37.2 Å². The Hall–Kier alpha value is -1.69. The van der Waals surface area contributed by atoms with E-state index in [0.29, 0.717) is 6.04 Å². The molecule has 2 aromatic rings. The summed E-state index contributed by atoms with van der Waals surface area (Å²) >= 11 is 0. The Morgan fingerprint density at radius 1 is 1.12 bits per heavy atom. The van der Waals surface area contributed by atoms with Crippen molar-refractivity contribution in [1.29, 1.82) is 0 Å². The summed E-state index contributed by atoms with van der Waals surface area (Å²) in [7, 11) is 0. The normalized spacial score (nSPS) is 22.6. The van der Waals surface area contributed by atoms with Gasteiger partial charge in [0.1, 0.15) is 0 Å². The number of ether oxygens (including phenoxy) is 1. The fourth-order valence-electron chi connectivity index (χ4n) is 4.35. The smallest absolute Gasteiger partial charge is 0.0651 e. The zero-order valence-corrected chi connectivity index (χ0v) is 16.0. The highest BCUT2D eigenvalue weighted by Gasteiger charge is 2.26. The molecule has 2 saturated heterocycles. The minimum Gasteiger partial charge on any atom is -0.379 e. The van der Waals surface area contributed by atoms with Crippen molar-refractivity contribution < 1.29 is 4.74 Å². The molecule has 5 heteroatoms. The van der Waals surface area contributed by atoms with Crippen LogP contribution in [-0.4, -0.2) is 65.0 Å². The second-order valence-corrected chi connectivity index (χ2v) is 7.69. The molecular formula is C21H30N4O. The van der Waals surface area contributed by atoms with Gasteiger partial charge in [-0.25, -0.2) is 4.68 Å². The average molecular weight is 354 g/mol. The number of nitrogens with zero attached hydrogens (tertiary/aromatic N) is 4. The van der Waals surface area contributed by atoms with Crippen molar-refractivity contribution in [2.24, 2.45) is 0 Å². The number of benzene rings is 1. The first kappa shape index (κ1) is 17.7. The summed E-state index contributed by atoms with van der Waals surface area (Å²) in [5, 5.41) is 4.63. The predicted octanol–water partition coefficient (Wildman–Crippen LogP) is 2.79. The largest absolute Gasteiger partial charge is 0.379 e. The highest BCUT2D eigenvalue weighted by molar-refractivity contribution is 5.37. The second-order valence-electron chi connectivity index (χ2n) is 7.69. The van der Waals surface area contributed by atoms with Crippen LogP contribution in [0.5, 0.6) is 0 Å². The van der Waals surface area contributed by atoms with Crippen molar-refractivity contribution in [3.8, 4) is 5.69 Å². The van der Waals surface area contributed by atoms with Crippen LogP contribution >= 0.6 is 0 Å². The first-order valence-electron chi connectivity index (χ1n) is 9.86. The molecule has 0 aliphatic carbocycles. The molecular weight excluding hydrogens is 324 g/mol. The summed E-state index contributed by atoms with van der Waals surface area (Å²) in [6.07, 6.45) is 2.61. The van der Waals surface area contributed by atoms with Gasteiger partial charge in [0.2, 0.25) is 0 Å². The predicted molar refractivity (Wildman–Crippen MR) is 104 cm³/mol. The molecule has 0 spiro atoms. The van der Waals surface area contributed by atoms with Crippen LogP contribution in [0.4, 0.5) is 0 Å². The van der Waals surface area contributed by atoms with Gasteiger partial charge in [-0.05, 0) is 57.0 Å². The van der Waals surface area contributed by atoms with E-state index in [1.807, 2.05) is 11.6 Å². The first-order chi connectivity index (χ1) is 12.7. The minimum absolute atomic E-state index is 0.687. The van der Waals surface area contributed by atoms with Crippen LogP contribution < -0.4 is 0 Å². The number of aryl methyl sites for hydroxylation is 2. The van der Waals surface area contributed by atoms with Crippen LogP contribution in [0.1, 0.15) is 29.8 Å². The maximum atomic E-state index is 5.52. The topological polar surface area (TPSA) is 33.5 Å². The molecule has 0 N–H and O–H groups in total. The van der Waals surface area contributed by atoms with Gasteiger partial charge in [0.15, 0.2) is 0 Å². The number of rotatable bonds is 4. The Kier molecular flexibility index (Phi) is 5.38. The van der Waals surface area contributed by atoms with E-state index in [4.69, 9.17) is 4.74 Å². The third-order valence-corrected chi connectivity index (χ3v) is 5.61. The van der Waals surface area contributed by atoms with Gasteiger partial charge in [0, 0.05) is 37.9 Å². The monoisotopic (exact) mass is 354 g/mol. The fourth-order valence-corrected chi connectivity index (χ4v) is 4.35. The Labute approximate surface area is 156 Å². The van der Waals surface area contributed by atoms with Gasteiger partial charge in [-0.3, -0.25) is 9.80 Å². The lowest BCUT2D eigenvalue weighted by molar-refractivity contribution is -0.00358. The third kappa shape index (κ3) is 4.00. The van der Waals surface area contributed by atoms with Crippen molar-refractivity contribution in [3.05, 3.63) is 47.3 Å². The van der Waals surface area contributed by atoms with Crippen LogP contribution in [0.15, 0.2) is 30.3 Å². The zero-order valence-electron chi connectivity index (χ0n) is 16.0. The van der Waals surface area contributed by atoms with E-state index < -0.39 is 0 Å². The molecule has 1 atom stereocenters. The van der Waals surface area contributed by atoms with Crippen LogP contribution in [-0.2, 0) is 11.3 Å². The van der Waals surface area contributed by atoms with Gasteiger partial charge in [-0.15, -0.1) is 0 Å². The molecule has 2 aliphatic rings. The van der Waals surface area contributed by atoms with E-state index in [0.717, 1.165) is 44.2 Å². The van der Waals surface area contributed by atoms with Gasteiger partial charge >= 0.3 is 0 Å². The number of likely N-dealkylation sites (tertiary alicyclic amines) is 1. The third-order valence-electron chi connectivity index (χ3n) is 5.61. The molecule has 1 aromatic carbocycles. The summed E-state index contributed by atoms with van der Waals surface area (Å²) < 4.78 is 7.56. The van der Waals surface area contributed by atoms with Gasteiger partial charge < -0.3 is 4.74 Å². The molecule has 0 amide bonds. The Bertz CT molecular complexity index is 735. The van der Waals surface area contributed by atoms with Gasteiger partial charge in [0.05, 0.1) is 24.6 Å². The van der Waals surface area contributed by atoms with Crippen molar-refractivity contribution in [3.63, 3.8) is 0 Å². The number of hydrogen-bond donors (Lipinski definition) is 0. The molecule has 4 rings (SSSR count). The molecule has 2 fully saturated rings. The van der Waals surface area contributed by atoms with Crippen LogP contribution in [0.3, 0.4) is 0 Å². The number of aromatic nitrogens is 2.